The Bertz CT molecular complexity index is 1150. The number of carbonyl (C=O) groups excluding carboxylic acids is 1. The molecule has 309 valence electrons. The van der Waals surface area contributed by atoms with Crippen LogP contribution in [-0.2, 0) is 33.2 Å². The summed E-state index contributed by atoms with van der Waals surface area (Å²) in [6.07, 6.45) is -6.65. The van der Waals surface area contributed by atoms with Crippen LogP contribution in [0.2, 0.25) is 0 Å². The maximum atomic E-state index is 14.2. The van der Waals surface area contributed by atoms with E-state index < -0.39 is 95.8 Å². The standard InChI is InChI=1S/C38H73N3O11.Ac/c1-15-27-38(10,46)32(43)20(2)19-41(13)21(3)17-36(8,45)33(52-35-29(42)26(40(11)12)16-22(4)48-35)23(5)30(24(6)34(44)50-27)51-28-18-37(9,47-14)31(39)25(7)49-28;/h20-33,35,42-43,45-46H,15-19,39H2,1-14H3;/t20-,21+,22+,23-,24+,25-,26?,27+,28?,29?,30?,31?,32?,33?,35?,36?,37?,38?;/m0./s1. The Morgan fingerprint density at radius 2 is 1.60 bits per heavy atom. The summed E-state index contributed by atoms with van der Waals surface area (Å²) < 4.78 is 37.9. The number of rotatable bonds is 7. The maximum Gasteiger partial charge on any atom is 0.311 e. The number of nitrogens with two attached hydrogens (primary N) is 1. The minimum Gasteiger partial charge on any atom is -0.459 e. The molecule has 3 fully saturated rings. The molecule has 1 radical (unpaired) electrons. The molecular weight excluding hydrogens is 901 g/mol. The van der Waals surface area contributed by atoms with Gasteiger partial charge in [0.15, 0.2) is 12.6 Å². The molecule has 3 heterocycles. The summed E-state index contributed by atoms with van der Waals surface area (Å²) in [5.41, 5.74) is 2.37. The second kappa shape index (κ2) is 19.9. The Balaban J connectivity index is 0.00000972. The van der Waals surface area contributed by atoms with E-state index >= 15 is 0 Å². The quantitative estimate of drug-likeness (QED) is 0.233. The van der Waals surface area contributed by atoms with Crippen molar-refractivity contribution in [2.75, 3.05) is 34.8 Å². The fourth-order valence-corrected chi connectivity index (χ4v) is 8.68. The Kier molecular flexibility index (Phi) is 18.6. The number of hydrogen-bond donors (Lipinski definition) is 5. The third-order valence-electron chi connectivity index (χ3n) is 12.4. The molecule has 0 spiro atoms. The molecule has 0 saturated carbocycles. The van der Waals surface area contributed by atoms with Crippen molar-refractivity contribution in [3.05, 3.63) is 0 Å². The summed E-state index contributed by atoms with van der Waals surface area (Å²) in [7, 11) is 7.27. The van der Waals surface area contributed by atoms with E-state index in [1.165, 1.54) is 6.92 Å². The van der Waals surface area contributed by atoms with Gasteiger partial charge < -0.3 is 64.4 Å². The number of cyclic esters (lactones) is 1. The van der Waals surface area contributed by atoms with Crippen molar-refractivity contribution in [3.8, 4) is 0 Å². The summed E-state index contributed by atoms with van der Waals surface area (Å²) in [5.74, 6) is -2.78. The molecule has 53 heavy (non-hydrogen) atoms. The Labute approximate surface area is 354 Å². The predicted octanol–water partition coefficient (Wildman–Crippen LogP) is 1.87. The first-order valence-electron chi connectivity index (χ1n) is 19.2. The first kappa shape index (κ1) is 49.6. The van der Waals surface area contributed by atoms with Crippen LogP contribution in [0.25, 0.3) is 0 Å². The fourth-order valence-electron chi connectivity index (χ4n) is 8.68. The van der Waals surface area contributed by atoms with Gasteiger partial charge in [-0.1, -0.05) is 20.8 Å². The van der Waals surface area contributed by atoms with Crippen molar-refractivity contribution in [1.29, 1.82) is 0 Å². The van der Waals surface area contributed by atoms with Crippen molar-refractivity contribution < 1.29 is 97.7 Å². The molecule has 14 nitrogen and oxygen atoms in total. The van der Waals surface area contributed by atoms with Crippen LogP contribution < -0.4 is 5.73 Å². The second-order valence-electron chi connectivity index (χ2n) is 17.2. The van der Waals surface area contributed by atoms with Gasteiger partial charge in [-0.2, -0.15) is 0 Å². The van der Waals surface area contributed by atoms with Gasteiger partial charge >= 0.3 is 5.97 Å². The number of hydrogen-bond acceptors (Lipinski definition) is 14. The molecule has 3 aliphatic heterocycles. The van der Waals surface area contributed by atoms with Crippen LogP contribution in [0.15, 0.2) is 0 Å². The van der Waals surface area contributed by atoms with E-state index in [4.69, 9.17) is 34.2 Å². The summed E-state index contributed by atoms with van der Waals surface area (Å²) in [6, 6.07) is -0.938. The summed E-state index contributed by atoms with van der Waals surface area (Å²) in [4.78, 5) is 18.2. The second-order valence-corrected chi connectivity index (χ2v) is 17.2. The zero-order chi connectivity index (χ0) is 39.7. The van der Waals surface area contributed by atoms with Crippen molar-refractivity contribution in [1.82, 2.24) is 9.80 Å². The average Bonchev–Trinajstić information content (AvgIpc) is 3.06. The number of aliphatic hydroxyl groups is 4. The molecule has 3 aliphatic rings. The van der Waals surface area contributed by atoms with Gasteiger partial charge in [0.1, 0.15) is 17.8 Å². The number of likely N-dealkylation sites (N-methyl/N-ethyl adjacent to an activating group) is 1. The van der Waals surface area contributed by atoms with Crippen LogP contribution >= 0.6 is 0 Å². The van der Waals surface area contributed by atoms with Crippen molar-refractivity contribution >= 4 is 5.97 Å². The smallest absolute Gasteiger partial charge is 0.311 e. The van der Waals surface area contributed by atoms with Crippen LogP contribution in [-0.4, -0.2) is 161 Å². The molecule has 3 rings (SSSR count). The summed E-state index contributed by atoms with van der Waals surface area (Å²) in [6.45, 7) is 18.3. The van der Waals surface area contributed by atoms with Gasteiger partial charge in [-0.25, -0.2) is 0 Å². The van der Waals surface area contributed by atoms with E-state index in [0.717, 1.165) is 0 Å². The molecule has 18 atom stereocenters. The van der Waals surface area contributed by atoms with E-state index in [1.54, 1.807) is 27.9 Å². The minimum absolute atomic E-state index is 0. The maximum absolute atomic E-state index is 14.2. The average molecular weight is 975 g/mol. The molecule has 0 aromatic heterocycles. The molecule has 0 amide bonds. The van der Waals surface area contributed by atoms with Crippen LogP contribution in [0.1, 0.15) is 94.9 Å². The number of methoxy groups -OCH3 is 1. The number of carbonyl (C=O) groups is 1. The van der Waals surface area contributed by atoms with Crippen LogP contribution in [0.5, 0.6) is 0 Å². The molecule has 11 unspecified atom stereocenters. The Morgan fingerprint density at radius 3 is 2.15 bits per heavy atom. The van der Waals surface area contributed by atoms with Gasteiger partial charge in [0.2, 0.25) is 0 Å². The fraction of sp³-hybridized carbons (Fsp3) is 0.974. The first-order chi connectivity index (χ1) is 23.9. The molecule has 0 bridgehead atoms. The van der Waals surface area contributed by atoms with Gasteiger partial charge in [0.25, 0.3) is 0 Å². The van der Waals surface area contributed by atoms with Gasteiger partial charge in [0, 0.05) is 82.1 Å². The van der Waals surface area contributed by atoms with Gasteiger partial charge in [-0.3, -0.25) is 4.79 Å². The van der Waals surface area contributed by atoms with Gasteiger partial charge in [-0.05, 0) is 94.8 Å². The molecule has 0 aliphatic carbocycles. The number of ether oxygens (including phenoxy) is 6. The third kappa shape index (κ3) is 11.6. The molecular formula is C38H73AcN3O11. The van der Waals surface area contributed by atoms with E-state index in [1.807, 2.05) is 72.5 Å². The zero-order valence-electron chi connectivity index (χ0n) is 34.9. The summed E-state index contributed by atoms with van der Waals surface area (Å²) >= 11 is 0. The Hall–Kier alpha value is 0.432. The van der Waals surface area contributed by atoms with E-state index in [-0.39, 0.29) is 81.5 Å². The largest absolute Gasteiger partial charge is 0.459 e. The monoisotopic (exact) mass is 975 g/mol. The number of esters is 1. The predicted molar refractivity (Wildman–Crippen MR) is 196 cm³/mol. The molecule has 0 aromatic rings. The van der Waals surface area contributed by atoms with Crippen LogP contribution in [0.4, 0.5) is 0 Å². The number of aliphatic hydroxyl groups excluding tert-OH is 2. The molecule has 0 aromatic carbocycles. The van der Waals surface area contributed by atoms with Gasteiger partial charge in [-0.15, -0.1) is 0 Å². The van der Waals surface area contributed by atoms with Crippen LogP contribution in [0, 0.1) is 61.8 Å². The molecule has 15 heteroatoms. The normalized spacial score (nSPS) is 48.7. The van der Waals surface area contributed by atoms with Crippen LogP contribution in [0.3, 0.4) is 0 Å². The third-order valence-corrected chi connectivity index (χ3v) is 12.4. The van der Waals surface area contributed by atoms with Crippen molar-refractivity contribution in [3.63, 3.8) is 0 Å². The van der Waals surface area contributed by atoms with Gasteiger partial charge in [0.05, 0.1) is 53.7 Å². The summed E-state index contributed by atoms with van der Waals surface area (Å²) in [5, 5.41) is 47.2. The SMILES string of the molecule is CC[C@H]1OC(=O)[C@H](C)C(OC2CC(C)(OC)C(N)[C@H](C)O2)[C@H](C)C(OC2O[C@H](C)CC(N(C)C)C2O)C(C)(O)C[C@@H](C)N(C)C[C@H](C)C(O)C1(C)O.[Ac]. The Morgan fingerprint density at radius 1 is 1.00 bits per heavy atom. The number of nitrogens with zero attached hydrogens (tertiary/aromatic N) is 2. The first-order valence-corrected chi connectivity index (χ1v) is 19.2. The zero-order valence-corrected chi connectivity index (χ0v) is 39.6. The van der Waals surface area contributed by atoms with E-state index in [0.29, 0.717) is 13.0 Å². The molecule has 6 N–H and O–H groups in total. The minimum atomic E-state index is -1.76. The van der Waals surface area contributed by atoms with Crippen molar-refractivity contribution in [2.45, 2.75) is 185 Å². The van der Waals surface area contributed by atoms with Crippen molar-refractivity contribution in [2.24, 2.45) is 23.5 Å². The van der Waals surface area contributed by atoms with E-state index in [2.05, 4.69) is 0 Å². The molecule has 3 saturated heterocycles. The topological polar surface area (TPSA) is 186 Å². The van der Waals surface area contributed by atoms with E-state index in [9.17, 15) is 25.2 Å².